The van der Waals surface area contributed by atoms with Crippen molar-refractivity contribution >= 4 is 63.1 Å². The Morgan fingerprint density at radius 2 is 1.93 bits per heavy atom. The highest BCUT2D eigenvalue weighted by Crippen LogP contribution is 2.46. The number of phenolic OH excluding ortho intramolecular Hbond substituents is 1. The molecular formula is C32H29Cl3F2N6O3. The highest BCUT2D eigenvalue weighted by Gasteiger charge is 2.34. The molecule has 1 amide bonds. The number of nitrogens with zero attached hydrogens (tertiary/aromatic N) is 5. The van der Waals surface area contributed by atoms with E-state index in [1.54, 1.807) is 17.2 Å². The molecule has 0 aliphatic carbocycles. The molecule has 240 valence electrons. The molecule has 5 rings (SSSR count). The van der Waals surface area contributed by atoms with Crippen molar-refractivity contribution in [3.8, 4) is 23.1 Å². The number of hydrogen-bond acceptors (Lipinski definition) is 7. The zero-order chi connectivity index (χ0) is 33.8. The summed E-state index contributed by atoms with van der Waals surface area (Å²) in [7, 11) is 0. The van der Waals surface area contributed by atoms with Gasteiger partial charge in [0.05, 0.1) is 38.7 Å². The summed E-state index contributed by atoms with van der Waals surface area (Å²) in [5.41, 5.74) is -0.313. The molecule has 2 aromatic heterocycles. The van der Waals surface area contributed by atoms with Gasteiger partial charge in [0.25, 0.3) is 5.56 Å². The van der Waals surface area contributed by atoms with Crippen LogP contribution < -0.4 is 15.8 Å². The van der Waals surface area contributed by atoms with Gasteiger partial charge in [0.1, 0.15) is 22.3 Å². The fourth-order valence-corrected chi connectivity index (χ4v) is 6.73. The Balaban J connectivity index is 1.91. The summed E-state index contributed by atoms with van der Waals surface area (Å²) >= 11 is 18.8. The number of rotatable bonds is 5. The second-order valence-electron chi connectivity index (χ2n) is 11.5. The SMILES string of the molecule is C=CC(=O)N1CCN(c2c(C#N)c(=O)n(C3=C(C)C=CNC3C(C)C)c3nc(-c4c(F)c(Cl)c(F)c(O)c4Cl)c(Cl)cc23)C[C@H]1C. The first-order valence-corrected chi connectivity index (χ1v) is 15.4. The third-order valence-corrected chi connectivity index (χ3v) is 9.27. The quantitative estimate of drug-likeness (QED) is 0.179. The van der Waals surface area contributed by atoms with Crippen molar-refractivity contribution in [1.82, 2.24) is 19.8 Å². The predicted molar refractivity (Wildman–Crippen MR) is 176 cm³/mol. The van der Waals surface area contributed by atoms with Crippen LogP contribution >= 0.6 is 34.8 Å². The number of piperazine rings is 1. The number of anilines is 1. The molecular weight excluding hydrogens is 661 g/mol. The summed E-state index contributed by atoms with van der Waals surface area (Å²) < 4.78 is 31.2. The minimum absolute atomic E-state index is 0.00292. The maximum atomic E-state index is 15.5. The number of dihydropyridines is 1. The number of phenols is 1. The Labute approximate surface area is 278 Å². The molecule has 0 bridgehead atoms. The first-order valence-electron chi connectivity index (χ1n) is 14.3. The van der Waals surface area contributed by atoms with E-state index in [4.69, 9.17) is 34.8 Å². The summed E-state index contributed by atoms with van der Waals surface area (Å²) in [6, 6.07) is 2.79. The average Bonchev–Trinajstić information content (AvgIpc) is 3.02. The number of carbonyl (C=O) groups is 1. The van der Waals surface area contributed by atoms with Crippen LogP contribution in [0.5, 0.6) is 5.75 Å². The standard InChI is InChI=1S/C32H29Cl3F2N6O3/c1-6-20(44)42-10-9-41(13-16(42)5)29-17-11-19(33)27(21-22(34)30(45)25(37)23(35)24(21)36)40-31(17)43(32(46)18(29)12-38)28-15(4)7-8-39-26(28)14(2)3/h6-8,11,14,16,26,39,45H,1,9-10,13H2,2-5H3/t16-,26?/m1/s1. The Morgan fingerprint density at radius 1 is 1.24 bits per heavy atom. The molecule has 46 heavy (non-hydrogen) atoms. The largest absolute Gasteiger partial charge is 0.504 e. The van der Waals surface area contributed by atoms with Crippen LogP contribution in [0.25, 0.3) is 28.0 Å². The number of benzene rings is 1. The molecule has 0 radical (unpaired) electrons. The maximum absolute atomic E-state index is 15.5. The number of carbonyl (C=O) groups excluding carboxylic acids is 1. The van der Waals surface area contributed by atoms with Crippen LogP contribution in [0.15, 0.2) is 41.4 Å². The zero-order valence-corrected chi connectivity index (χ0v) is 27.5. The number of hydrogen-bond donors (Lipinski definition) is 2. The lowest BCUT2D eigenvalue weighted by molar-refractivity contribution is -0.128. The number of pyridine rings is 2. The molecule has 2 atom stereocenters. The zero-order valence-electron chi connectivity index (χ0n) is 25.3. The Morgan fingerprint density at radius 3 is 2.54 bits per heavy atom. The van der Waals surface area contributed by atoms with Gasteiger partial charge in [0.2, 0.25) is 5.91 Å². The lowest BCUT2D eigenvalue weighted by Gasteiger charge is -2.41. The van der Waals surface area contributed by atoms with Gasteiger partial charge in [-0.25, -0.2) is 13.8 Å². The lowest BCUT2D eigenvalue weighted by atomic mass is 9.94. The predicted octanol–water partition coefficient (Wildman–Crippen LogP) is 6.47. The van der Waals surface area contributed by atoms with Crippen molar-refractivity contribution in [3.63, 3.8) is 0 Å². The molecule has 1 saturated heterocycles. The van der Waals surface area contributed by atoms with Gasteiger partial charge in [0, 0.05) is 31.1 Å². The normalized spacial score (nSPS) is 18.3. The van der Waals surface area contributed by atoms with E-state index in [-0.39, 0.29) is 70.5 Å². The van der Waals surface area contributed by atoms with Crippen molar-refractivity contribution in [2.75, 3.05) is 24.5 Å². The van der Waals surface area contributed by atoms with Crippen LogP contribution in [-0.2, 0) is 4.79 Å². The number of allylic oxidation sites excluding steroid dienone is 2. The van der Waals surface area contributed by atoms with Crippen molar-refractivity contribution in [1.29, 1.82) is 5.26 Å². The average molecular weight is 690 g/mol. The topological polar surface area (TPSA) is 114 Å². The van der Waals surface area contributed by atoms with E-state index in [0.717, 1.165) is 0 Å². The van der Waals surface area contributed by atoms with Crippen molar-refractivity contribution in [3.05, 3.63) is 79.2 Å². The van der Waals surface area contributed by atoms with Gasteiger partial charge in [-0.1, -0.05) is 55.2 Å². The number of halogens is 5. The fourth-order valence-electron chi connectivity index (χ4n) is 6.04. The van der Waals surface area contributed by atoms with E-state index in [0.29, 0.717) is 11.3 Å². The van der Waals surface area contributed by atoms with Gasteiger partial charge in [-0.2, -0.15) is 5.26 Å². The Hall–Kier alpha value is -4.11. The summed E-state index contributed by atoms with van der Waals surface area (Å²) in [5.74, 6) is -4.15. The summed E-state index contributed by atoms with van der Waals surface area (Å²) in [4.78, 5) is 35.0. The van der Waals surface area contributed by atoms with Crippen molar-refractivity contribution in [2.45, 2.75) is 39.8 Å². The van der Waals surface area contributed by atoms with E-state index in [1.807, 2.05) is 32.6 Å². The highest BCUT2D eigenvalue weighted by atomic mass is 35.5. The van der Waals surface area contributed by atoms with E-state index in [1.165, 1.54) is 16.7 Å². The van der Waals surface area contributed by atoms with Crippen LogP contribution in [0, 0.1) is 28.9 Å². The Kier molecular flexibility index (Phi) is 9.10. The maximum Gasteiger partial charge on any atom is 0.276 e. The molecule has 2 aliphatic heterocycles. The molecule has 4 heterocycles. The van der Waals surface area contributed by atoms with Crippen molar-refractivity contribution < 1.29 is 18.7 Å². The number of nitriles is 1. The number of fused-ring (bicyclic) bond motifs is 1. The molecule has 2 aliphatic rings. The van der Waals surface area contributed by atoms with Gasteiger partial charge >= 0.3 is 0 Å². The summed E-state index contributed by atoms with van der Waals surface area (Å²) in [6.45, 7) is 11.9. The molecule has 14 heteroatoms. The fraction of sp³-hybridized carbons (Fsp3) is 0.312. The smallest absolute Gasteiger partial charge is 0.276 e. The van der Waals surface area contributed by atoms with E-state index < -0.39 is 44.6 Å². The molecule has 2 N–H and O–H groups in total. The molecule has 0 spiro atoms. The van der Waals surface area contributed by atoms with Gasteiger partial charge in [0.15, 0.2) is 17.4 Å². The van der Waals surface area contributed by atoms with Gasteiger partial charge < -0.3 is 20.2 Å². The van der Waals surface area contributed by atoms with Gasteiger partial charge in [-0.05, 0) is 49.8 Å². The Bertz CT molecular complexity index is 1960. The molecule has 1 unspecified atom stereocenters. The van der Waals surface area contributed by atoms with E-state index in [9.17, 15) is 24.3 Å². The minimum Gasteiger partial charge on any atom is -0.504 e. The summed E-state index contributed by atoms with van der Waals surface area (Å²) in [6.07, 6.45) is 4.76. The second kappa shape index (κ2) is 12.6. The molecule has 1 aromatic carbocycles. The molecule has 0 saturated carbocycles. The number of nitrogens with one attached hydrogen (secondary N) is 1. The van der Waals surface area contributed by atoms with Crippen LogP contribution in [0.2, 0.25) is 15.1 Å². The van der Waals surface area contributed by atoms with Crippen LogP contribution in [0.1, 0.15) is 33.3 Å². The minimum atomic E-state index is -1.45. The molecule has 3 aromatic rings. The molecule has 1 fully saturated rings. The second-order valence-corrected chi connectivity index (χ2v) is 12.6. The van der Waals surface area contributed by atoms with Gasteiger partial charge in [-0.15, -0.1) is 0 Å². The molecule has 9 nitrogen and oxygen atoms in total. The van der Waals surface area contributed by atoms with E-state index >= 15 is 4.39 Å². The lowest BCUT2D eigenvalue weighted by Crippen LogP contribution is -2.54. The third kappa shape index (κ3) is 5.28. The van der Waals surface area contributed by atoms with Crippen LogP contribution in [-0.4, -0.2) is 57.2 Å². The van der Waals surface area contributed by atoms with Gasteiger partial charge in [-0.3, -0.25) is 14.2 Å². The first-order chi connectivity index (χ1) is 21.7. The monoisotopic (exact) mass is 688 g/mol. The number of amides is 1. The van der Waals surface area contributed by atoms with E-state index in [2.05, 4.69) is 22.9 Å². The highest BCUT2D eigenvalue weighted by molar-refractivity contribution is 6.39. The van der Waals surface area contributed by atoms with Crippen molar-refractivity contribution in [2.24, 2.45) is 5.92 Å². The summed E-state index contributed by atoms with van der Waals surface area (Å²) in [5, 5.41) is 22.4. The number of aromatic hydroxyl groups is 1. The van der Waals surface area contributed by atoms with Crippen LogP contribution in [0.3, 0.4) is 0 Å². The first kappa shape index (κ1) is 33.3. The third-order valence-electron chi connectivity index (χ3n) is 8.28. The number of aromatic nitrogens is 2. The van der Waals surface area contributed by atoms with Crippen LogP contribution in [0.4, 0.5) is 14.5 Å².